The molecule has 0 aromatic heterocycles. The highest BCUT2D eigenvalue weighted by Gasteiger charge is 2.16. The minimum absolute atomic E-state index is 0.210. The van der Waals surface area contributed by atoms with Gasteiger partial charge in [-0.25, -0.2) is 4.99 Å². The fraction of sp³-hybridized carbons (Fsp3) is 0.107. The standard InChI is InChI=1S/C28H24Cl2N3O2S/c1-19-5-12-25(13-6-19)36-28(31-23-9-14-26(30)27(16-23)32-35)33(17-20-7-10-24(34)11-8-20)18-21-3-2-4-22(29)15-21/h2-16,32,34H,17-18H2,1H3/q-1. The Bertz CT molecular complexity index is 1350. The molecule has 0 atom stereocenters. The summed E-state index contributed by atoms with van der Waals surface area (Å²) in [5.41, 5.74) is 5.93. The molecule has 4 rings (SSSR count). The maximum absolute atomic E-state index is 11.4. The average Bonchev–Trinajstić information content (AvgIpc) is 2.87. The summed E-state index contributed by atoms with van der Waals surface area (Å²) in [5.74, 6) is 0.210. The van der Waals surface area contributed by atoms with E-state index in [1.165, 1.54) is 17.3 Å². The van der Waals surface area contributed by atoms with Crippen LogP contribution in [0.5, 0.6) is 5.75 Å². The molecule has 0 radical (unpaired) electrons. The van der Waals surface area contributed by atoms with Crippen LogP contribution in [0.2, 0.25) is 10.0 Å². The molecule has 184 valence electrons. The number of aromatic hydroxyl groups is 1. The first-order chi connectivity index (χ1) is 17.4. The van der Waals surface area contributed by atoms with Crippen molar-refractivity contribution in [3.8, 4) is 5.75 Å². The Morgan fingerprint density at radius 1 is 0.917 bits per heavy atom. The van der Waals surface area contributed by atoms with Gasteiger partial charge in [-0.1, -0.05) is 76.9 Å². The summed E-state index contributed by atoms with van der Waals surface area (Å²) in [4.78, 5) is 8.11. The molecular weight excluding hydrogens is 513 g/mol. The van der Waals surface area contributed by atoms with E-state index in [1.54, 1.807) is 30.3 Å². The van der Waals surface area contributed by atoms with Crippen molar-refractivity contribution in [3.05, 3.63) is 123 Å². The first-order valence-electron chi connectivity index (χ1n) is 11.2. The number of aliphatic imine (C=N–C) groups is 1. The van der Waals surface area contributed by atoms with Crippen molar-refractivity contribution in [1.29, 1.82) is 0 Å². The zero-order chi connectivity index (χ0) is 25.5. The van der Waals surface area contributed by atoms with Gasteiger partial charge in [0, 0.05) is 28.7 Å². The summed E-state index contributed by atoms with van der Waals surface area (Å²) < 4.78 is 0. The largest absolute Gasteiger partial charge is 0.761 e. The summed E-state index contributed by atoms with van der Waals surface area (Å²) in [6, 6.07) is 28.1. The molecule has 4 aromatic carbocycles. The van der Waals surface area contributed by atoms with E-state index in [0.29, 0.717) is 28.8 Å². The van der Waals surface area contributed by atoms with Gasteiger partial charge in [-0.05, 0) is 72.6 Å². The molecule has 8 heteroatoms. The third-order valence-electron chi connectivity index (χ3n) is 5.36. The molecule has 2 N–H and O–H groups in total. The molecule has 0 aliphatic heterocycles. The smallest absolute Gasteiger partial charge is 0.169 e. The number of nitrogens with one attached hydrogen (secondary N) is 1. The molecule has 0 saturated carbocycles. The number of hydrogen-bond donors (Lipinski definition) is 2. The van der Waals surface area contributed by atoms with Crippen molar-refractivity contribution in [1.82, 2.24) is 4.90 Å². The number of halogens is 2. The lowest BCUT2D eigenvalue weighted by Crippen LogP contribution is -2.28. The van der Waals surface area contributed by atoms with Gasteiger partial charge in [0.15, 0.2) is 5.17 Å². The fourth-order valence-corrected chi connectivity index (χ4v) is 4.77. The maximum atomic E-state index is 11.4. The molecule has 0 unspecified atom stereocenters. The van der Waals surface area contributed by atoms with Crippen LogP contribution < -0.4 is 5.48 Å². The van der Waals surface area contributed by atoms with Gasteiger partial charge in [0.1, 0.15) is 5.75 Å². The lowest BCUT2D eigenvalue weighted by molar-refractivity contribution is 0.414. The predicted octanol–water partition coefficient (Wildman–Crippen LogP) is 8.40. The summed E-state index contributed by atoms with van der Waals surface area (Å²) >= 11 is 13.9. The van der Waals surface area contributed by atoms with Crippen molar-refractivity contribution in [2.75, 3.05) is 5.48 Å². The Balaban J connectivity index is 1.78. The SMILES string of the molecule is Cc1ccc(SC(=Nc2ccc(Cl)c(N[O-])c2)N(Cc2ccc(O)cc2)Cc2cccc(Cl)c2)cc1. The summed E-state index contributed by atoms with van der Waals surface area (Å²) in [7, 11) is 0. The van der Waals surface area contributed by atoms with Crippen LogP contribution in [0.15, 0.2) is 101 Å². The average molecular weight is 537 g/mol. The van der Waals surface area contributed by atoms with Gasteiger partial charge in [-0.3, -0.25) is 0 Å². The molecule has 5 nitrogen and oxygen atoms in total. The van der Waals surface area contributed by atoms with Crippen LogP contribution >= 0.6 is 35.0 Å². The highest BCUT2D eigenvalue weighted by molar-refractivity contribution is 8.13. The van der Waals surface area contributed by atoms with Crippen molar-refractivity contribution < 1.29 is 5.11 Å². The second-order valence-electron chi connectivity index (χ2n) is 8.23. The summed E-state index contributed by atoms with van der Waals surface area (Å²) in [6.07, 6.45) is 0. The van der Waals surface area contributed by atoms with Gasteiger partial charge < -0.3 is 20.7 Å². The molecule has 0 fully saturated rings. The number of amidine groups is 1. The van der Waals surface area contributed by atoms with Crippen LogP contribution in [0.1, 0.15) is 16.7 Å². The van der Waals surface area contributed by atoms with E-state index in [-0.39, 0.29) is 11.4 Å². The topological polar surface area (TPSA) is 70.9 Å². The van der Waals surface area contributed by atoms with Crippen molar-refractivity contribution in [3.63, 3.8) is 0 Å². The molecule has 0 saturated heterocycles. The molecule has 4 aromatic rings. The first-order valence-corrected chi connectivity index (χ1v) is 12.7. The van der Waals surface area contributed by atoms with Gasteiger partial charge >= 0.3 is 0 Å². The molecule has 36 heavy (non-hydrogen) atoms. The van der Waals surface area contributed by atoms with Crippen LogP contribution in [0, 0.1) is 12.1 Å². The minimum atomic E-state index is 0.210. The number of hydrogen-bond acceptors (Lipinski definition) is 5. The van der Waals surface area contributed by atoms with E-state index in [0.717, 1.165) is 21.2 Å². The van der Waals surface area contributed by atoms with Crippen LogP contribution in [0.25, 0.3) is 0 Å². The van der Waals surface area contributed by atoms with E-state index in [2.05, 4.69) is 29.2 Å². The van der Waals surface area contributed by atoms with E-state index in [4.69, 9.17) is 28.2 Å². The lowest BCUT2D eigenvalue weighted by atomic mass is 10.1. The van der Waals surface area contributed by atoms with E-state index >= 15 is 0 Å². The molecular formula is C28H24Cl2N3O2S-. The molecule has 0 heterocycles. The Hall–Kier alpha value is -3.16. The molecule has 0 amide bonds. The Labute approximate surface area is 225 Å². The van der Waals surface area contributed by atoms with Crippen LogP contribution in [-0.4, -0.2) is 15.2 Å². The Morgan fingerprint density at radius 3 is 2.33 bits per heavy atom. The second kappa shape index (κ2) is 12.2. The third-order valence-corrected chi connectivity index (χ3v) is 6.96. The van der Waals surface area contributed by atoms with Crippen LogP contribution in [0.4, 0.5) is 11.4 Å². The number of benzene rings is 4. The molecule has 0 aliphatic carbocycles. The zero-order valence-electron chi connectivity index (χ0n) is 19.5. The van der Waals surface area contributed by atoms with Gasteiger partial charge in [-0.2, -0.15) is 0 Å². The summed E-state index contributed by atoms with van der Waals surface area (Å²) in [5, 5.41) is 22.8. The molecule has 0 aliphatic rings. The van der Waals surface area contributed by atoms with E-state index in [9.17, 15) is 10.3 Å². The number of nitrogens with zero attached hydrogens (tertiary/aromatic N) is 2. The Kier molecular flexibility index (Phi) is 8.78. The van der Waals surface area contributed by atoms with Crippen molar-refractivity contribution in [2.24, 2.45) is 4.99 Å². The van der Waals surface area contributed by atoms with Gasteiger partial charge in [0.2, 0.25) is 0 Å². The quantitative estimate of drug-likeness (QED) is 0.107. The van der Waals surface area contributed by atoms with Gasteiger partial charge in [0.05, 0.1) is 10.7 Å². The number of anilines is 1. The second-order valence-corrected chi connectivity index (χ2v) is 10.1. The monoisotopic (exact) mass is 536 g/mol. The number of rotatable bonds is 7. The number of phenols is 1. The van der Waals surface area contributed by atoms with E-state index in [1.807, 2.05) is 48.8 Å². The first kappa shape index (κ1) is 25.9. The number of aryl methyl sites for hydroxylation is 1. The minimum Gasteiger partial charge on any atom is -0.761 e. The fourth-order valence-electron chi connectivity index (χ4n) is 3.51. The normalized spacial score (nSPS) is 11.4. The zero-order valence-corrected chi connectivity index (χ0v) is 21.8. The highest BCUT2D eigenvalue weighted by atomic mass is 35.5. The van der Waals surface area contributed by atoms with E-state index < -0.39 is 0 Å². The van der Waals surface area contributed by atoms with Gasteiger partial charge in [0.25, 0.3) is 0 Å². The van der Waals surface area contributed by atoms with Crippen LogP contribution in [-0.2, 0) is 13.1 Å². The van der Waals surface area contributed by atoms with Gasteiger partial charge in [-0.15, -0.1) is 0 Å². The molecule has 0 bridgehead atoms. The molecule has 0 spiro atoms. The Morgan fingerprint density at radius 2 is 1.64 bits per heavy atom. The lowest BCUT2D eigenvalue weighted by Gasteiger charge is -2.26. The van der Waals surface area contributed by atoms with Crippen LogP contribution in [0.3, 0.4) is 0 Å². The summed E-state index contributed by atoms with van der Waals surface area (Å²) in [6.45, 7) is 3.12. The van der Waals surface area contributed by atoms with Crippen molar-refractivity contribution >= 4 is 51.5 Å². The number of thioether (sulfide) groups is 1. The number of phenolic OH excluding ortho intramolecular Hbond substituents is 1. The highest BCUT2D eigenvalue weighted by Crippen LogP contribution is 2.31. The maximum Gasteiger partial charge on any atom is 0.169 e. The third kappa shape index (κ3) is 7.18. The van der Waals surface area contributed by atoms with Crippen molar-refractivity contribution in [2.45, 2.75) is 24.9 Å². The predicted molar refractivity (Wildman–Crippen MR) is 151 cm³/mol.